The molecule has 0 aliphatic heterocycles. The Kier molecular flexibility index (Phi) is 13.5. The number of alkyl carbamates (subject to hydrolysis) is 4. The van der Waals surface area contributed by atoms with Gasteiger partial charge in [0, 0.05) is 24.7 Å². The Morgan fingerprint density at radius 2 is 1.03 bits per heavy atom. The van der Waals surface area contributed by atoms with Crippen LogP contribution in [0.4, 0.5) is 19.2 Å². The molecule has 1 unspecified atom stereocenters. The van der Waals surface area contributed by atoms with Crippen molar-refractivity contribution in [2.45, 2.75) is 89.3 Å². The number of carbonyl (C=O) groups is 4. The van der Waals surface area contributed by atoms with Crippen molar-refractivity contribution < 1.29 is 38.1 Å². The van der Waals surface area contributed by atoms with E-state index in [9.17, 15) is 19.2 Å². The quantitative estimate of drug-likeness (QED) is 0.249. The average molecular weight is 501 g/mol. The number of ether oxygens (including phenoxy) is 4. The number of rotatable bonds is 11. The molecule has 4 N–H and O–H groups in total. The van der Waals surface area contributed by atoms with Crippen molar-refractivity contribution in [1.82, 2.24) is 21.3 Å². The molecule has 2 saturated carbocycles. The average Bonchev–Trinajstić information content (AvgIpc) is 2.84. The summed E-state index contributed by atoms with van der Waals surface area (Å²) in [4.78, 5) is 46.9. The summed E-state index contributed by atoms with van der Waals surface area (Å²) in [6.45, 7) is 1.52. The van der Waals surface area contributed by atoms with E-state index in [2.05, 4.69) is 21.3 Å². The van der Waals surface area contributed by atoms with Gasteiger partial charge in [-0.25, -0.2) is 19.2 Å². The van der Waals surface area contributed by atoms with Gasteiger partial charge in [0.2, 0.25) is 0 Å². The van der Waals surface area contributed by atoms with Crippen molar-refractivity contribution >= 4 is 24.4 Å². The van der Waals surface area contributed by atoms with Gasteiger partial charge in [-0.1, -0.05) is 38.5 Å². The minimum atomic E-state index is -0.694. The molecular formula is C23H40N4O8. The van der Waals surface area contributed by atoms with E-state index in [1.807, 2.05) is 0 Å². The molecule has 35 heavy (non-hydrogen) atoms. The monoisotopic (exact) mass is 500 g/mol. The third-order valence-corrected chi connectivity index (χ3v) is 5.87. The third kappa shape index (κ3) is 13.5. The molecule has 4 amide bonds. The van der Waals surface area contributed by atoms with Crippen LogP contribution in [0.5, 0.6) is 0 Å². The van der Waals surface area contributed by atoms with Gasteiger partial charge in [0.1, 0.15) is 26.4 Å². The van der Waals surface area contributed by atoms with E-state index in [4.69, 9.17) is 18.9 Å². The van der Waals surface area contributed by atoms with Crippen LogP contribution in [0.25, 0.3) is 0 Å². The van der Waals surface area contributed by atoms with E-state index in [0.717, 1.165) is 51.4 Å². The first-order chi connectivity index (χ1) is 16.9. The highest BCUT2D eigenvalue weighted by Crippen LogP contribution is 2.18. The van der Waals surface area contributed by atoms with Crippen LogP contribution >= 0.6 is 0 Å². The fourth-order valence-corrected chi connectivity index (χ4v) is 4.03. The molecule has 0 heterocycles. The third-order valence-electron chi connectivity index (χ3n) is 5.87. The van der Waals surface area contributed by atoms with Crippen LogP contribution in [0.1, 0.15) is 71.1 Å². The summed E-state index contributed by atoms with van der Waals surface area (Å²) in [5.41, 5.74) is 0. The van der Waals surface area contributed by atoms with Gasteiger partial charge < -0.3 is 40.2 Å². The fourth-order valence-electron chi connectivity index (χ4n) is 4.03. The Bertz CT molecular complexity index is 666. The molecule has 1 atom stereocenters. The Hall–Kier alpha value is -2.92. The Morgan fingerprint density at radius 1 is 0.629 bits per heavy atom. The number of hydrogen-bond acceptors (Lipinski definition) is 8. The lowest BCUT2D eigenvalue weighted by molar-refractivity contribution is 0.0898. The lowest BCUT2D eigenvalue weighted by Crippen LogP contribution is -2.42. The highest BCUT2D eigenvalue weighted by molar-refractivity contribution is 5.69. The molecule has 2 aliphatic carbocycles. The summed E-state index contributed by atoms with van der Waals surface area (Å²) < 4.78 is 19.9. The molecule has 0 bridgehead atoms. The van der Waals surface area contributed by atoms with E-state index >= 15 is 0 Å². The number of carbonyl (C=O) groups excluding carboxylic acids is 4. The standard InChI is InChI=1S/C23H40N4O8/c1-17(25-21(29)33-14-15-35-23(31)27-19-10-6-3-7-11-19)16-24-20(28)32-12-13-34-22(30)26-18-8-4-2-5-9-18/h17-19H,2-16H2,1H3,(H,24,28)(H,25,29)(H,26,30)(H,27,31). The van der Waals surface area contributed by atoms with Gasteiger partial charge in [0.15, 0.2) is 0 Å². The molecule has 0 aromatic rings. The lowest BCUT2D eigenvalue weighted by atomic mass is 9.96. The summed E-state index contributed by atoms with van der Waals surface area (Å²) >= 11 is 0. The van der Waals surface area contributed by atoms with Crippen LogP contribution in [0, 0.1) is 0 Å². The molecule has 2 aliphatic rings. The van der Waals surface area contributed by atoms with Gasteiger partial charge in [-0.15, -0.1) is 0 Å². The first-order valence-electron chi connectivity index (χ1n) is 12.6. The lowest BCUT2D eigenvalue weighted by Gasteiger charge is -2.22. The van der Waals surface area contributed by atoms with Crippen LogP contribution in [0.15, 0.2) is 0 Å². The zero-order valence-corrected chi connectivity index (χ0v) is 20.6. The highest BCUT2D eigenvalue weighted by atomic mass is 16.6. The molecule has 12 heteroatoms. The summed E-state index contributed by atoms with van der Waals surface area (Å²) in [5.74, 6) is 0. The Labute approximate surface area is 206 Å². The van der Waals surface area contributed by atoms with Gasteiger partial charge >= 0.3 is 24.4 Å². The normalized spacial score (nSPS) is 17.4. The molecule has 0 spiro atoms. The predicted molar refractivity (Wildman–Crippen MR) is 126 cm³/mol. The molecule has 200 valence electrons. The summed E-state index contributed by atoms with van der Waals surface area (Å²) in [7, 11) is 0. The van der Waals surface area contributed by atoms with Crippen molar-refractivity contribution in [3.05, 3.63) is 0 Å². The van der Waals surface area contributed by atoms with E-state index in [0.29, 0.717) is 0 Å². The second-order valence-corrected chi connectivity index (χ2v) is 8.93. The van der Waals surface area contributed by atoms with E-state index in [1.165, 1.54) is 12.8 Å². The van der Waals surface area contributed by atoms with Crippen molar-refractivity contribution in [2.24, 2.45) is 0 Å². The summed E-state index contributed by atoms with van der Waals surface area (Å²) in [6.07, 6.45) is 8.23. The maximum Gasteiger partial charge on any atom is 0.407 e. The molecule has 12 nitrogen and oxygen atoms in total. The van der Waals surface area contributed by atoms with Gasteiger partial charge in [-0.3, -0.25) is 0 Å². The van der Waals surface area contributed by atoms with Crippen LogP contribution in [0.2, 0.25) is 0 Å². The minimum absolute atomic E-state index is 0.0488. The first kappa shape index (κ1) is 28.3. The topological polar surface area (TPSA) is 153 Å². The van der Waals surface area contributed by atoms with Crippen LogP contribution < -0.4 is 21.3 Å². The molecule has 0 radical (unpaired) electrons. The van der Waals surface area contributed by atoms with Crippen LogP contribution in [-0.2, 0) is 18.9 Å². The van der Waals surface area contributed by atoms with E-state index < -0.39 is 30.4 Å². The second kappa shape index (κ2) is 16.7. The zero-order chi connectivity index (χ0) is 25.3. The van der Waals surface area contributed by atoms with Crippen molar-refractivity contribution in [2.75, 3.05) is 33.0 Å². The summed E-state index contributed by atoms with van der Waals surface area (Å²) in [5, 5.41) is 10.7. The molecule has 2 fully saturated rings. The smallest absolute Gasteiger partial charge is 0.407 e. The molecule has 0 saturated heterocycles. The predicted octanol–water partition coefficient (Wildman–Crippen LogP) is 2.95. The maximum absolute atomic E-state index is 11.8. The van der Waals surface area contributed by atoms with Gasteiger partial charge in [-0.2, -0.15) is 0 Å². The Balaban J connectivity index is 1.42. The van der Waals surface area contributed by atoms with Crippen molar-refractivity contribution in [3.8, 4) is 0 Å². The molecular weight excluding hydrogens is 460 g/mol. The molecule has 0 aromatic heterocycles. The number of hydrogen-bond donors (Lipinski definition) is 4. The van der Waals surface area contributed by atoms with Crippen molar-refractivity contribution in [1.29, 1.82) is 0 Å². The fraction of sp³-hybridized carbons (Fsp3) is 0.826. The van der Waals surface area contributed by atoms with Gasteiger partial charge in [0.25, 0.3) is 0 Å². The van der Waals surface area contributed by atoms with Crippen molar-refractivity contribution in [3.63, 3.8) is 0 Å². The molecule has 0 aromatic carbocycles. The van der Waals surface area contributed by atoms with Gasteiger partial charge in [-0.05, 0) is 32.6 Å². The van der Waals surface area contributed by atoms with Gasteiger partial charge in [0.05, 0.1) is 0 Å². The maximum atomic E-state index is 11.8. The zero-order valence-electron chi connectivity index (χ0n) is 20.6. The molecule has 2 rings (SSSR count). The SMILES string of the molecule is CC(CNC(=O)OCCOC(=O)NC1CCCCC1)NC(=O)OCCOC(=O)NC1CCCCC1. The largest absolute Gasteiger partial charge is 0.446 e. The minimum Gasteiger partial charge on any atom is -0.446 e. The second-order valence-electron chi connectivity index (χ2n) is 8.93. The van der Waals surface area contributed by atoms with Crippen LogP contribution in [-0.4, -0.2) is 75.5 Å². The highest BCUT2D eigenvalue weighted by Gasteiger charge is 2.17. The Morgan fingerprint density at radius 3 is 1.49 bits per heavy atom. The van der Waals surface area contributed by atoms with Crippen LogP contribution in [0.3, 0.4) is 0 Å². The van der Waals surface area contributed by atoms with E-state index in [1.54, 1.807) is 6.92 Å². The summed E-state index contributed by atoms with van der Waals surface area (Å²) in [6, 6.07) is -0.124. The van der Waals surface area contributed by atoms with E-state index in [-0.39, 0.29) is 45.1 Å². The number of amides is 4. The number of nitrogens with one attached hydrogen (secondary N) is 4. The first-order valence-corrected chi connectivity index (χ1v) is 12.6.